The second kappa shape index (κ2) is 17.0. The summed E-state index contributed by atoms with van der Waals surface area (Å²) in [6.07, 6.45) is 14.3. The van der Waals surface area contributed by atoms with E-state index >= 15 is 0 Å². The number of thiocarbonyl (C=S) groups is 1. The summed E-state index contributed by atoms with van der Waals surface area (Å²) in [5, 5.41) is 8.99. The average molecular weight is 538 g/mol. The first-order valence-electron chi connectivity index (χ1n) is 14.3. The molecule has 2 amide bonds. The molecule has 0 unspecified atom stereocenters. The Bertz CT molecular complexity index is 995. The van der Waals surface area contributed by atoms with Gasteiger partial charge < -0.3 is 16.0 Å². The summed E-state index contributed by atoms with van der Waals surface area (Å²) in [5.41, 5.74) is 3.28. The first-order valence-corrected chi connectivity index (χ1v) is 14.7. The van der Waals surface area contributed by atoms with Gasteiger partial charge >= 0.3 is 0 Å². The smallest absolute Gasteiger partial charge is 0.255 e. The highest BCUT2D eigenvalue weighted by Gasteiger charge is 2.14. The molecule has 0 aromatic heterocycles. The molecule has 0 heterocycles. The lowest BCUT2D eigenvalue weighted by Gasteiger charge is -2.19. The highest BCUT2D eigenvalue weighted by molar-refractivity contribution is 7.80. The number of nitrogens with one attached hydrogen (secondary N) is 3. The molecule has 6 heteroatoms. The van der Waals surface area contributed by atoms with Gasteiger partial charge in [0, 0.05) is 23.4 Å². The predicted octanol–water partition coefficient (Wildman–Crippen LogP) is 8.75. The van der Waals surface area contributed by atoms with Crippen molar-refractivity contribution < 1.29 is 9.59 Å². The molecule has 0 atom stereocenters. The zero-order chi connectivity index (χ0) is 27.8. The van der Waals surface area contributed by atoms with Crippen molar-refractivity contribution in [1.29, 1.82) is 0 Å². The van der Waals surface area contributed by atoms with Crippen molar-refractivity contribution in [3.8, 4) is 0 Å². The van der Waals surface area contributed by atoms with Crippen LogP contribution in [0.15, 0.2) is 48.5 Å². The molecule has 0 saturated heterocycles. The zero-order valence-electron chi connectivity index (χ0n) is 23.8. The Morgan fingerprint density at radius 2 is 1.16 bits per heavy atom. The van der Waals surface area contributed by atoms with Crippen LogP contribution in [0.4, 0.5) is 11.4 Å². The molecule has 0 aliphatic heterocycles. The molecule has 5 nitrogen and oxygen atoms in total. The van der Waals surface area contributed by atoms with Crippen LogP contribution >= 0.6 is 12.2 Å². The number of rotatable bonds is 15. The lowest BCUT2D eigenvalue weighted by Crippen LogP contribution is -2.33. The molecule has 2 aromatic carbocycles. The van der Waals surface area contributed by atoms with Crippen molar-refractivity contribution in [3.05, 3.63) is 59.7 Å². The molecule has 2 aromatic rings. The summed E-state index contributed by atoms with van der Waals surface area (Å²) >= 11 is 5.29. The van der Waals surface area contributed by atoms with E-state index in [1.807, 2.05) is 36.4 Å². The van der Waals surface area contributed by atoms with Gasteiger partial charge in [-0.25, -0.2) is 0 Å². The minimum atomic E-state index is -0.156. The first kappa shape index (κ1) is 31.5. The van der Waals surface area contributed by atoms with E-state index < -0.39 is 0 Å². The topological polar surface area (TPSA) is 70.2 Å². The first-order chi connectivity index (χ1) is 18.2. The van der Waals surface area contributed by atoms with Gasteiger partial charge in [0.05, 0.1) is 0 Å². The minimum Gasteiger partial charge on any atom is -0.332 e. The Morgan fingerprint density at radius 1 is 0.684 bits per heavy atom. The van der Waals surface area contributed by atoms with E-state index in [1.165, 1.54) is 63.4 Å². The number of carbonyl (C=O) groups is 2. The van der Waals surface area contributed by atoms with E-state index in [9.17, 15) is 9.59 Å². The maximum Gasteiger partial charge on any atom is 0.255 e. The fourth-order valence-electron chi connectivity index (χ4n) is 4.26. The van der Waals surface area contributed by atoms with Crippen molar-refractivity contribution in [2.24, 2.45) is 0 Å². The maximum absolute atomic E-state index is 12.6. The molecular formula is C32H47N3O2S. The van der Waals surface area contributed by atoms with Gasteiger partial charge in [-0.05, 0) is 66.0 Å². The van der Waals surface area contributed by atoms with E-state index in [4.69, 9.17) is 12.2 Å². The molecule has 0 bridgehead atoms. The molecule has 208 valence electrons. The quantitative estimate of drug-likeness (QED) is 0.157. The van der Waals surface area contributed by atoms with E-state index in [-0.39, 0.29) is 22.3 Å². The van der Waals surface area contributed by atoms with Gasteiger partial charge in [-0.15, -0.1) is 0 Å². The molecule has 0 saturated carbocycles. The number of carbonyl (C=O) groups excluding carboxylic acids is 2. The van der Waals surface area contributed by atoms with Crippen LogP contribution in [-0.4, -0.2) is 16.9 Å². The Kier molecular flexibility index (Phi) is 14.1. The molecular weight excluding hydrogens is 490 g/mol. The molecule has 0 fully saturated rings. The molecule has 0 aliphatic carbocycles. The summed E-state index contributed by atoms with van der Waals surface area (Å²) in [7, 11) is 0. The number of unbranched alkanes of at least 4 members (excludes halogenated alkanes) is 10. The van der Waals surface area contributed by atoms with E-state index in [1.54, 1.807) is 12.1 Å². The van der Waals surface area contributed by atoms with E-state index in [0.717, 1.165) is 18.5 Å². The number of hydrogen-bond acceptors (Lipinski definition) is 3. The summed E-state index contributed by atoms with van der Waals surface area (Å²) in [4.78, 5) is 24.8. The van der Waals surface area contributed by atoms with Gasteiger partial charge in [-0.3, -0.25) is 9.59 Å². The molecule has 3 N–H and O–H groups in total. The molecule has 0 spiro atoms. The third kappa shape index (κ3) is 12.7. The van der Waals surface area contributed by atoms with Crippen molar-refractivity contribution >= 4 is 40.5 Å². The van der Waals surface area contributed by atoms with Crippen molar-refractivity contribution in [2.75, 3.05) is 10.6 Å². The third-order valence-corrected chi connectivity index (χ3v) is 6.88. The molecule has 0 radical (unpaired) electrons. The Morgan fingerprint density at radius 3 is 1.66 bits per heavy atom. The summed E-state index contributed by atoms with van der Waals surface area (Å²) in [6.45, 7) is 8.69. The van der Waals surface area contributed by atoms with Crippen LogP contribution in [0, 0.1) is 0 Å². The highest BCUT2D eigenvalue weighted by atomic mass is 32.1. The number of hydrogen-bond donors (Lipinski definition) is 3. The lowest BCUT2D eigenvalue weighted by atomic mass is 9.87. The van der Waals surface area contributed by atoms with Gasteiger partial charge in [0.15, 0.2) is 5.11 Å². The molecule has 2 rings (SSSR count). The fourth-order valence-corrected chi connectivity index (χ4v) is 4.49. The molecule has 38 heavy (non-hydrogen) atoms. The van der Waals surface area contributed by atoms with Crippen LogP contribution in [0.1, 0.15) is 121 Å². The van der Waals surface area contributed by atoms with Crippen LogP contribution in [-0.2, 0) is 10.2 Å². The number of amides is 2. The normalized spacial score (nSPS) is 11.2. The van der Waals surface area contributed by atoms with Crippen LogP contribution < -0.4 is 16.0 Å². The standard InChI is InChI=1S/C32H47N3O2S/c1-5-6-7-8-9-10-11-12-13-14-15-16-29(36)35-31(38)34-28-23-21-27(22-24-28)33-30(37)25-17-19-26(20-18-25)32(2,3)4/h17-24H,5-16H2,1-4H3,(H,33,37)(H2,34,35,36,38). The Balaban J connectivity index is 1.62. The van der Waals surface area contributed by atoms with E-state index in [2.05, 4.69) is 43.6 Å². The third-order valence-electron chi connectivity index (χ3n) is 6.67. The van der Waals surface area contributed by atoms with Crippen LogP contribution in [0.3, 0.4) is 0 Å². The number of anilines is 2. The SMILES string of the molecule is CCCCCCCCCCCCCC(=O)NC(=S)Nc1ccc(NC(=O)c2ccc(C(C)(C)C)cc2)cc1. The van der Waals surface area contributed by atoms with Gasteiger partial charge in [0.1, 0.15) is 0 Å². The Hall–Kier alpha value is -2.73. The van der Waals surface area contributed by atoms with Crippen LogP contribution in [0.25, 0.3) is 0 Å². The van der Waals surface area contributed by atoms with Gasteiger partial charge in [0.25, 0.3) is 5.91 Å². The highest BCUT2D eigenvalue weighted by Crippen LogP contribution is 2.22. The molecule has 0 aliphatic rings. The van der Waals surface area contributed by atoms with Gasteiger partial charge in [-0.1, -0.05) is 104 Å². The Labute approximate surface area is 235 Å². The van der Waals surface area contributed by atoms with Crippen LogP contribution in [0.2, 0.25) is 0 Å². The fraction of sp³-hybridized carbons (Fsp3) is 0.531. The minimum absolute atomic E-state index is 0.0462. The second-order valence-corrected chi connectivity index (χ2v) is 11.6. The summed E-state index contributed by atoms with van der Waals surface area (Å²) in [6, 6.07) is 14.9. The number of benzene rings is 2. The van der Waals surface area contributed by atoms with Gasteiger partial charge in [-0.2, -0.15) is 0 Å². The predicted molar refractivity (Wildman–Crippen MR) is 165 cm³/mol. The van der Waals surface area contributed by atoms with E-state index in [0.29, 0.717) is 17.7 Å². The zero-order valence-corrected chi connectivity index (χ0v) is 24.6. The van der Waals surface area contributed by atoms with Crippen LogP contribution in [0.5, 0.6) is 0 Å². The lowest BCUT2D eigenvalue weighted by molar-refractivity contribution is -0.119. The summed E-state index contributed by atoms with van der Waals surface area (Å²) < 4.78 is 0. The second-order valence-electron chi connectivity index (χ2n) is 11.1. The van der Waals surface area contributed by atoms with Crippen molar-refractivity contribution in [3.63, 3.8) is 0 Å². The maximum atomic E-state index is 12.6. The van der Waals surface area contributed by atoms with Crippen molar-refractivity contribution in [1.82, 2.24) is 5.32 Å². The monoisotopic (exact) mass is 537 g/mol. The average Bonchev–Trinajstić information content (AvgIpc) is 2.88. The van der Waals surface area contributed by atoms with Crippen molar-refractivity contribution in [2.45, 2.75) is 110 Å². The van der Waals surface area contributed by atoms with Gasteiger partial charge in [0.2, 0.25) is 5.91 Å². The summed E-state index contributed by atoms with van der Waals surface area (Å²) in [5.74, 6) is -0.212. The largest absolute Gasteiger partial charge is 0.332 e.